The lowest BCUT2D eigenvalue weighted by molar-refractivity contribution is -0.114. The van der Waals surface area contributed by atoms with Crippen molar-refractivity contribution in [2.24, 2.45) is 0 Å². The molecule has 1 N–H and O–H groups in total. The van der Waals surface area contributed by atoms with Gasteiger partial charge in [0.05, 0.1) is 14.2 Å². The molecule has 0 unspecified atom stereocenters. The summed E-state index contributed by atoms with van der Waals surface area (Å²) in [4.78, 5) is 14.1. The smallest absolute Gasteiger partial charge is 0.220 e. The summed E-state index contributed by atoms with van der Waals surface area (Å²) in [5.74, 6) is 0.864. The van der Waals surface area contributed by atoms with E-state index in [0.29, 0.717) is 11.5 Å². The van der Waals surface area contributed by atoms with Crippen molar-refractivity contribution in [2.45, 2.75) is 6.42 Å². The predicted octanol–water partition coefficient (Wildman–Crippen LogP) is 0.932. The fourth-order valence-electron chi connectivity index (χ4n) is 3.40. The van der Waals surface area contributed by atoms with E-state index in [1.807, 2.05) is 18.3 Å². The maximum Gasteiger partial charge on any atom is 0.220 e. The number of ketones is 1. The average molecular weight is 323 g/mol. The molecule has 24 heavy (non-hydrogen) atoms. The Labute approximate surface area is 139 Å². The Bertz CT molecular complexity index is 966. The monoisotopic (exact) mass is 323 g/mol. The van der Waals surface area contributed by atoms with Gasteiger partial charge in [-0.1, -0.05) is 6.07 Å². The van der Waals surface area contributed by atoms with E-state index in [2.05, 4.69) is 11.0 Å². The zero-order valence-corrected chi connectivity index (χ0v) is 13.5. The largest absolute Gasteiger partial charge is 0.504 e. The predicted molar refractivity (Wildman–Crippen MR) is 89.4 cm³/mol. The highest BCUT2D eigenvalue weighted by molar-refractivity contribution is 6.05. The van der Waals surface area contributed by atoms with Crippen molar-refractivity contribution < 1.29 is 19.4 Å². The van der Waals surface area contributed by atoms with Gasteiger partial charge in [0.15, 0.2) is 17.3 Å². The molecule has 0 spiro atoms. The van der Waals surface area contributed by atoms with Crippen LogP contribution in [0.5, 0.6) is 11.5 Å². The van der Waals surface area contributed by atoms with Crippen LogP contribution in [0.3, 0.4) is 0 Å². The zero-order chi connectivity index (χ0) is 16.8. The van der Waals surface area contributed by atoms with Gasteiger partial charge in [-0.3, -0.25) is 4.79 Å². The van der Waals surface area contributed by atoms with Crippen LogP contribution in [0.25, 0.3) is 12.3 Å². The van der Waals surface area contributed by atoms with Crippen LogP contribution in [-0.2, 0) is 9.53 Å². The number of fused-ring (bicyclic) bond motifs is 3. The summed E-state index contributed by atoms with van der Waals surface area (Å²) in [6.07, 6.45) is 8.30. The van der Waals surface area contributed by atoms with Gasteiger partial charge < -0.3 is 19.5 Å². The van der Waals surface area contributed by atoms with Gasteiger partial charge in [0.1, 0.15) is 0 Å². The van der Waals surface area contributed by atoms with Gasteiger partial charge in [0.2, 0.25) is 5.78 Å². The number of hydrogen-bond donors (Lipinski definition) is 1. The Morgan fingerprint density at radius 1 is 1.12 bits per heavy atom. The lowest BCUT2D eigenvalue weighted by Gasteiger charge is -2.33. The number of benzene rings is 1. The lowest BCUT2D eigenvalue weighted by atomic mass is 9.89. The Morgan fingerprint density at radius 2 is 1.96 bits per heavy atom. The molecule has 0 fully saturated rings. The third-order valence-corrected chi connectivity index (χ3v) is 4.59. The molecular weight excluding hydrogens is 306 g/mol. The van der Waals surface area contributed by atoms with E-state index in [0.717, 1.165) is 40.2 Å². The molecule has 0 saturated heterocycles. The van der Waals surface area contributed by atoms with Crippen LogP contribution in [0.15, 0.2) is 46.9 Å². The summed E-state index contributed by atoms with van der Waals surface area (Å²) < 4.78 is 10.5. The highest BCUT2D eigenvalue weighted by Gasteiger charge is 2.27. The van der Waals surface area contributed by atoms with Crippen LogP contribution in [0, 0.1) is 0 Å². The topological polar surface area (TPSA) is 59.0 Å². The molecule has 2 aliphatic heterocycles. The molecule has 0 bridgehead atoms. The first-order valence-electron chi connectivity index (χ1n) is 7.74. The fourth-order valence-corrected chi connectivity index (χ4v) is 3.40. The van der Waals surface area contributed by atoms with Crippen LogP contribution in [-0.4, -0.2) is 36.6 Å². The SMILES string of the molecule is COC1=CC2=C3C=c4ccc(O)c(OC)c4=CN3CCC2=CC1=O. The van der Waals surface area contributed by atoms with Crippen molar-refractivity contribution in [3.63, 3.8) is 0 Å². The van der Waals surface area contributed by atoms with Crippen molar-refractivity contribution in [1.82, 2.24) is 4.90 Å². The molecule has 4 rings (SSSR count). The number of carbonyl (C=O) groups excluding carboxylic acids is 1. The van der Waals surface area contributed by atoms with E-state index in [9.17, 15) is 9.90 Å². The number of nitrogens with zero attached hydrogens (tertiary/aromatic N) is 1. The van der Waals surface area contributed by atoms with Crippen molar-refractivity contribution in [2.75, 3.05) is 20.8 Å². The van der Waals surface area contributed by atoms with Crippen LogP contribution in [0.1, 0.15) is 6.42 Å². The third-order valence-electron chi connectivity index (χ3n) is 4.59. The van der Waals surface area contributed by atoms with Gasteiger partial charge >= 0.3 is 0 Å². The van der Waals surface area contributed by atoms with Crippen molar-refractivity contribution in [1.29, 1.82) is 0 Å². The molecule has 3 aliphatic rings. The second kappa shape index (κ2) is 5.30. The van der Waals surface area contributed by atoms with Crippen LogP contribution in [0.2, 0.25) is 0 Å². The minimum Gasteiger partial charge on any atom is -0.504 e. The number of phenolic OH excluding ortho intramolecular Hbond substituents is 1. The Morgan fingerprint density at radius 3 is 2.71 bits per heavy atom. The van der Waals surface area contributed by atoms with Gasteiger partial charge in [-0.2, -0.15) is 0 Å². The zero-order valence-electron chi connectivity index (χ0n) is 13.5. The molecule has 0 amide bonds. The number of aromatic hydroxyl groups is 1. The molecule has 122 valence electrons. The summed E-state index contributed by atoms with van der Waals surface area (Å²) in [6, 6.07) is 3.49. The first-order chi connectivity index (χ1) is 11.6. The second-order valence-electron chi connectivity index (χ2n) is 5.88. The summed E-state index contributed by atoms with van der Waals surface area (Å²) in [5.41, 5.74) is 3.06. The minimum atomic E-state index is -0.0860. The fraction of sp³-hybridized carbons (Fsp3) is 0.211. The summed E-state index contributed by atoms with van der Waals surface area (Å²) >= 11 is 0. The van der Waals surface area contributed by atoms with E-state index in [1.165, 1.54) is 7.11 Å². The first kappa shape index (κ1) is 14.6. The Hall–Kier alpha value is -2.95. The highest BCUT2D eigenvalue weighted by atomic mass is 16.5. The van der Waals surface area contributed by atoms with Crippen LogP contribution < -0.4 is 15.2 Å². The second-order valence-corrected chi connectivity index (χ2v) is 5.88. The third kappa shape index (κ3) is 2.05. The van der Waals surface area contributed by atoms with E-state index < -0.39 is 0 Å². The lowest BCUT2D eigenvalue weighted by Crippen LogP contribution is -2.38. The summed E-state index contributed by atoms with van der Waals surface area (Å²) in [6.45, 7) is 0.767. The van der Waals surface area contributed by atoms with Crippen molar-refractivity contribution in [3.05, 3.63) is 57.3 Å². The molecule has 0 saturated carbocycles. The Balaban J connectivity index is 1.98. The molecular formula is C19H17NO4. The Kier molecular flexibility index (Phi) is 3.23. The molecule has 1 aromatic rings. The van der Waals surface area contributed by atoms with E-state index in [1.54, 1.807) is 19.3 Å². The van der Waals surface area contributed by atoms with E-state index in [-0.39, 0.29) is 11.5 Å². The number of rotatable bonds is 2. The van der Waals surface area contributed by atoms with E-state index in [4.69, 9.17) is 9.47 Å². The van der Waals surface area contributed by atoms with Gasteiger partial charge in [0, 0.05) is 29.2 Å². The van der Waals surface area contributed by atoms with Gasteiger partial charge in [0.25, 0.3) is 0 Å². The van der Waals surface area contributed by atoms with Gasteiger partial charge in [-0.25, -0.2) is 0 Å². The normalized spacial score (nSPS) is 18.4. The minimum absolute atomic E-state index is 0.0860. The average Bonchev–Trinajstić information content (AvgIpc) is 2.59. The van der Waals surface area contributed by atoms with Gasteiger partial charge in [-0.05, 0) is 41.5 Å². The number of hydrogen-bond acceptors (Lipinski definition) is 5. The molecule has 0 aromatic heterocycles. The number of methoxy groups -OCH3 is 2. The van der Waals surface area contributed by atoms with Crippen molar-refractivity contribution >= 4 is 18.1 Å². The molecule has 0 atom stereocenters. The summed E-state index contributed by atoms with van der Waals surface area (Å²) in [7, 11) is 3.06. The van der Waals surface area contributed by atoms with Crippen molar-refractivity contribution in [3.8, 4) is 11.5 Å². The quantitative estimate of drug-likeness (QED) is 0.877. The molecule has 1 aliphatic carbocycles. The maximum absolute atomic E-state index is 12.0. The molecule has 5 heteroatoms. The number of ether oxygens (including phenoxy) is 2. The first-order valence-corrected chi connectivity index (χ1v) is 7.74. The number of phenols is 1. The number of allylic oxidation sites excluding steroid dienone is 4. The summed E-state index contributed by atoms with van der Waals surface area (Å²) in [5, 5.41) is 11.8. The molecule has 0 radical (unpaired) electrons. The van der Waals surface area contributed by atoms with Crippen LogP contribution in [0.4, 0.5) is 0 Å². The maximum atomic E-state index is 12.0. The van der Waals surface area contributed by atoms with Crippen LogP contribution >= 0.6 is 0 Å². The van der Waals surface area contributed by atoms with E-state index >= 15 is 0 Å². The number of carbonyl (C=O) groups is 1. The molecule has 1 aromatic carbocycles. The molecule has 2 heterocycles. The molecule has 5 nitrogen and oxygen atoms in total. The standard InChI is InChI=1S/C19H17NO4/c1-23-18-9-13-12(8-17(18)22)5-6-20-10-14-11(7-15(13)20)3-4-16(21)19(14)24-2/h3-4,7-10,21H,5-6H2,1-2H3. The highest BCUT2D eigenvalue weighted by Crippen LogP contribution is 2.34. The van der Waals surface area contributed by atoms with Gasteiger partial charge in [-0.15, -0.1) is 0 Å².